The van der Waals surface area contributed by atoms with Gasteiger partial charge in [-0.1, -0.05) is 45.0 Å². The smallest absolute Gasteiger partial charge is 0.313 e. The van der Waals surface area contributed by atoms with Crippen LogP contribution < -0.4 is 0 Å². The van der Waals surface area contributed by atoms with Crippen LogP contribution in [0.1, 0.15) is 51.7 Å². The molecule has 0 radical (unpaired) electrons. The molecule has 0 aliphatic carbocycles. The summed E-state index contributed by atoms with van der Waals surface area (Å²) in [7, 11) is 0. The Hall–Kier alpha value is -1.31. The highest BCUT2D eigenvalue weighted by atomic mass is 16.5. The number of rotatable bonds is 3. The first-order chi connectivity index (χ1) is 7.86. The van der Waals surface area contributed by atoms with Gasteiger partial charge in [0, 0.05) is 0 Å². The highest BCUT2D eigenvalue weighted by molar-refractivity contribution is 5.77. The summed E-state index contributed by atoms with van der Waals surface area (Å²) < 4.78 is 5.02. The van der Waals surface area contributed by atoms with E-state index in [2.05, 4.69) is 32.9 Å². The molecule has 0 amide bonds. The van der Waals surface area contributed by atoms with E-state index in [9.17, 15) is 4.79 Å². The van der Waals surface area contributed by atoms with Gasteiger partial charge in [-0.15, -0.1) is 0 Å². The third kappa shape index (κ3) is 3.58. The van der Waals surface area contributed by atoms with E-state index in [1.54, 1.807) is 0 Å². The molecule has 0 aliphatic heterocycles. The number of carbonyl (C=O) groups excluding carboxylic acids is 1. The summed E-state index contributed by atoms with van der Waals surface area (Å²) in [4.78, 5) is 11.6. The fourth-order valence-electron chi connectivity index (χ4n) is 1.68. The van der Waals surface area contributed by atoms with Crippen molar-refractivity contribution in [3.63, 3.8) is 0 Å². The highest BCUT2D eigenvalue weighted by Crippen LogP contribution is 2.24. The SMILES string of the molecule is CCOC(=O)C(C)c1ccc(C(C)(C)C)cc1. The quantitative estimate of drug-likeness (QED) is 0.746. The maximum atomic E-state index is 11.6. The topological polar surface area (TPSA) is 26.3 Å². The molecular weight excluding hydrogens is 212 g/mol. The second-order valence-electron chi connectivity index (χ2n) is 5.35. The van der Waals surface area contributed by atoms with Crippen LogP contribution in [0.4, 0.5) is 0 Å². The lowest BCUT2D eigenvalue weighted by Gasteiger charge is -2.20. The average Bonchev–Trinajstić information content (AvgIpc) is 2.27. The standard InChI is InChI=1S/C15H22O2/c1-6-17-14(16)11(2)12-7-9-13(10-8-12)15(3,4)5/h7-11H,6H2,1-5H3. The molecule has 1 unspecified atom stereocenters. The fraction of sp³-hybridized carbons (Fsp3) is 0.533. The Morgan fingerprint density at radius 2 is 1.76 bits per heavy atom. The monoisotopic (exact) mass is 234 g/mol. The molecule has 0 heterocycles. The van der Waals surface area contributed by atoms with Gasteiger partial charge in [-0.2, -0.15) is 0 Å². The van der Waals surface area contributed by atoms with Crippen molar-refractivity contribution < 1.29 is 9.53 Å². The number of ether oxygens (including phenoxy) is 1. The molecule has 0 bridgehead atoms. The summed E-state index contributed by atoms with van der Waals surface area (Å²) in [5, 5.41) is 0. The van der Waals surface area contributed by atoms with Crippen molar-refractivity contribution in [2.24, 2.45) is 0 Å². The van der Waals surface area contributed by atoms with Crippen LogP contribution in [-0.2, 0) is 14.9 Å². The second-order valence-corrected chi connectivity index (χ2v) is 5.35. The van der Waals surface area contributed by atoms with Crippen molar-refractivity contribution in [1.29, 1.82) is 0 Å². The minimum atomic E-state index is -0.191. The number of hydrogen-bond acceptors (Lipinski definition) is 2. The Morgan fingerprint density at radius 1 is 1.24 bits per heavy atom. The van der Waals surface area contributed by atoms with Gasteiger partial charge in [0.1, 0.15) is 0 Å². The zero-order valence-electron chi connectivity index (χ0n) is 11.4. The van der Waals surface area contributed by atoms with Crippen molar-refractivity contribution >= 4 is 5.97 Å². The Balaban J connectivity index is 2.84. The Kier molecular flexibility index (Phi) is 4.33. The number of carbonyl (C=O) groups is 1. The predicted octanol–water partition coefficient (Wildman–Crippen LogP) is 3.65. The van der Waals surface area contributed by atoms with Gasteiger partial charge in [0.15, 0.2) is 0 Å². The van der Waals surface area contributed by atoms with Crippen LogP contribution in [0, 0.1) is 0 Å². The van der Waals surface area contributed by atoms with Gasteiger partial charge in [0.25, 0.3) is 0 Å². The first-order valence-corrected chi connectivity index (χ1v) is 6.13. The molecule has 1 rings (SSSR count). The average molecular weight is 234 g/mol. The van der Waals surface area contributed by atoms with Gasteiger partial charge in [-0.25, -0.2) is 0 Å². The minimum Gasteiger partial charge on any atom is -0.466 e. The zero-order valence-corrected chi connectivity index (χ0v) is 11.4. The van der Waals surface area contributed by atoms with Gasteiger partial charge >= 0.3 is 5.97 Å². The first kappa shape index (κ1) is 13.8. The van der Waals surface area contributed by atoms with E-state index in [1.165, 1.54) is 5.56 Å². The van der Waals surface area contributed by atoms with Crippen molar-refractivity contribution in [1.82, 2.24) is 0 Å². The van der Waals surface area contributed by atoms with E-state index in [0.717, 1.165) is 5.56 Å². The minimum absolute atomic E-state index is 0.145. The third-order valence-electron chi connectivity index (χ3n) is 2.92. The lowest BCUT2D eigenvalue weighted by atomic mass is 9.86. The summed E-state index contributed by atoms with van der Waals surface area (Å²) in [6.07, 6.45) is 0. The van der Waals surface area contributed by atoms with E-state index in [0.29, 0.717) is 6.61 Å². The molecule has 0 spiro atoms. The van der Waals surface area contributed by atoms with Crippen LogP contribution >= 0.6 is 0 Å². The summed E-state index contributed by atoms with van der Waals surface area (Å²) in [6.45, 7) is 10.7. The lowest BCUT2D eigenvalue weighted by molar-refractivity contribution is -0.144. The Bertz CT molecular complexity index is 371. The van der Waals surface area contributed by atoms with Gasteiger partial charge in [-0.05, 0) is 30.4 Å². The van der Waals surface area contributed by atoms with Crippen LogP contribution in [0.3, 0.4) is 0 Å². The van der Waals surface area contributed by atoms with Gasteiger partial charge < -0.3 is 4.74 Å². The lowest BCUT2D eigenvalue weighted by Crippen LogP contribution is -2.14. The van der Waals surface area contributed by atoms with Crippen molar-refractivity contribution in [2.75, 3.05) is 6.61 Å². The molecule has 0 saturated carbocycles. The summed E-state index contributed by atoms with van der Waals surface area (Å²) in [6, 6.07) is 8.21. The van der Waals surface area contributed by atoms with E-state index >= 15 is 0 Å². The van der Waals surface area contributed by atoms with Gasteiger partial charge in [0.05, 0.1) is 12.5 Å². The summed E-state index contributed by atoms with van der Waals surface area (Å²) in [5.41, 5.74) is 2.43. The molecule has 94 valence electrons. The third-order valence-corrected chi connectivity index (χ3v) is 2.92. The maximum absolute atomic E-state index is 11.6. The fourth-order valence-corrected chi connectivity index (χ4v) is 1.68. The van der Waals surface area contributed by atoms with Crippen LogP contribution in [0.5, 0.6) is 0 Å². The molecule has 17 heavy (non-hydrogen) atoms. The van der Waals surface area contributed by atoms with E-state index in [4.69, 9.17) is 4.74 Å². The number of hydrogen-bond donors (Lipinski definition) is 0. The molecule has 2 heteroatoms. The molecule has 0 saturated heterocycles. The maximum Gasteiger partial charge on any atom is 0.313 e. The summed E-state index contributed by atoms with van der Waals surface area (Å²) in [5.74, 6) is -0.347. The van der Waals surface area contributed by atoms with E-state index in [1.807, 2.05) is 26.0 Å². The van der Waals surface area contributed by atoms with E-state index in [-0.39, 0.29) is 17.3 Å². The first-order valence-electron chi connectivity index (χ1n) is 6.13. The second kappa shape index (κ2) is 5.35. The van der Waals surface area contributed by atoms with Crippen molar-refractivity contribution in [2.45, 2.75) is 46.0 Å². The molecule has 1 aromatic rings. The molecular formula is C15H22O2. The largest absolute Gasteiger partial charge is 0.466 e. The highest BCUT2D eigenvalue weighted by Gasteiger charge is 2.18. The van der Waals surface area contributed by atoms with Crippen LogP contribution in [0.15, 0.2) is 24.3 Å². The molecule has 1 atom stereocenters. The normalized spacial score (nSPS) is 13.2. The molecule has 0 N–H and O–H groups in total. The van der Waals surface area contributed by atoms with Crippen LogP contribution in [-0.4, -0.2) is 12.6 Å². The van der Waals surface area contributed by atoms with Crippen LogP contribution in [0.2, 0.25) is 0 Å². The van der Waals surface area contributed by atoms with Gasteiger partial charge in [-0.3, -0.25) is 4.79 Å². The molecule has 0 fully saturated rings. The summed E-state index contributed by atoms with van der Waals surface area (Å²) >= 11 is 0. The van der Waals surface area contributed by atoms with Gasteiger partial charge in [0.2, 0.25) is 0 Å². The Morgan fingerprint density at radius 3 is 2.18 bits per heavy atom. The zero-order chi connectivity index (χ0) is 13.1. The molecule has 1 aromatic carbocycles. The van der Waals surface area contributed by atoms with Crippen molar-refractivity contribution in [3.8, 4) is 0 Å². The van der Waals surface area contributed by atoms with Crippen LogP contribution in [0.25, 0.3) is 0 Å². The van der Waals surface area contributed by atoms with E-state index < -0.39 is 0 Å². The van der Waals surface area contributed by atoms with Crippen molar-refractivity contribution in [3.05, 3.63) is 35.4 Å². The number of benzene rings is 1. The molecule has 2 nitrogen and oxygen atoms in total. The Labute approximate surface area is 104 Å². The molecule has 0 aromatic heterocycles. The number of esters is 1. The molecule has 0 aliphatic rings. The predicted molar refractivity (Wildman–Crippen MR) is 70.2 cm³/mol.